The number of hydrogen-bond acceptors (Lipinski definition) is 3. The summed E-state index contributed by atoms with van der Waals surface area (Å²) in [5.74, 6) is 0.372. The zero-order valence-corrected chi connectivity index (χ0v) is 16.0. The van der Waals surface area contributed by atoms with E-state index in [2.05, 4.69) is 36.3 Å². The van der Waals surface area contributed by atoms with Gasteiger partial charge in [-0.15, -0.1) is 0 Å². The Hall–Kier alpha value is -1.11. The molecule has 0 bridgehead atoms. The molecule has 4 nitrogen and oxygen atoms in total. The first-order chi connectivity index (χ1) is 10.9. The van der Waals surface area contributed by atoms with Crippen molar-refractivity contribution in [1.82, 2.24) is 4.90 Å². The van der Waals surface area contributed by atoms with E-state index in [1.807, 2.05) is 13.8 Å². The zero-order valence-electron chi connectivity index (χ0n) is 14.4. The van der Waals surface area contributed by atoms with Crippen molar-refractivity contribution in [2.75, 3.05) is 44.3 Å². The predicted molar refractivity (Wildman–Crippen MR) is 103 cm³/mol. The minimum Gasteiger partial charge on any atom is -0.346 e. The molecule has 1 amide bonds. The van der Waals surface area contributed by atoms with E-state index in [1.165, 1.54) is 22.2 Å². The highest BCUT2D eigenvalue weighted by atomic mass is 32.2. The molecule has 0 aromatic heterocycles. The van der Waals surface area contributed by atoms with Gasteiger partial charge in [-0.05, 0) is 31.9 Å². The summed E-state index contributed by atoms with van der Waals surface area (Å²) in [6.45, 7) is 10.3. The van der Waals surface area contributed by atoms with Gasteiger partial charge < -0.3 is 15.1 Å². The fraction of sp³-hybridized carbons (Fsp3) is 0.529. The van der Waals surface area contributed by atoms with E-state index in [0.29, 0.717) is 5.75 Å². The third kappa shape index (κ3) is 5.19. The molecular formula is C17H26N3OS2+. The molecule has 23 heavy (non-hydrogen) atoms. The lowest BCUT2D eigenvalue weighted by atomic mass is 10.1. The first-order valence-electron chi connectivity index (χ1n) is 7.97. The van der Waals surface area contributed by atoms with Crippen molar-refractivity contribution < 1.29 is 9.69 Å². The van der Waals surface area contributed by atoms with E-state index in [4.69, 9.17) is 12.2 Å². The molecule has 1 aromatic carbocycles. The maximum absolute atomic E-state index is 12.2. The molecule has 1 heterocycles. The molecule has 1 aromatic rings. The Kier molecular flexibility index (Phi) is 6.44. The van der Waals surface area contributed by atoms with Crippen LogP contribution in [0.25, 0.3) is 0 Å². The molecule has 2 N–H and O–H groups in total. The third-order valence-electron chi connectivity index (χ3n) is 4.14. The van der Waals surface area contributed by atoms with Crippen molar-refractivity contribution in [3.05, 3.63) is 28.8 Å². The lowest BCUT2D eigenvalue weighted by molar-refractivity contribution is -0.883. The monoisotopic (exact) mass is 352 g/mol. The first-order valence-corrected chi connectivity index (χ1v) is 9.37. The summed E-state index contributed by atoms with van der Waals surface area (Å²) in [6, 6.07) is 4.18. The maximum Gasteiger partial charge on any atom is 0.234 e. The smallest absolute Gasteiger partial charge is 0.234 e. The Labute approximate surface area is 148 Å². The number of anilines is 1. The largest absolute Gasteiger partial charge is 0.346 e. The van der Waals surface area contributed by atoms with E-state index < -0.39 is 0 Å². The lowest BCUT2D eigenvalue weighted by Gasteiger charge is -2.31. The molecule has 0 atom stereocenters. The van der Waals surface area contributed by atoms with Gasteiger partial charge >= 0.3 is 0 Å². The minimum absolute atomic E-state index is 0.00663. The predicted octanol–water partition coefficient (Wildman–Crippen LogP) is 1.40. The Morgan fingerprint density at radius 2 is 1.83 bits per heavy atom. The summed E-state index contributed by atoms with van der Waals surface area (Å²) >= 11 is 6.93. The summed E-state index contributed by atoms with van der Waals surface area (Å²) in [4.78, 5) is 16.0. The Morgan fingerprint density at radius 3 is 2.39 bits per heavy atom. The average molecular weight is 353 g/mol. The lowest BCUT2D eigenvalue weighted by Crippen LogP contribution is -3.12. The van der Waals surface area contributed by atoms with Crippen LogP contribution in [0.1, 0.15) is 16.7 Å². The van der Waals surface area contributed by atoms with Gasteiger partial charge in [0.2, 0.25) is 5.91 Å². The van der Waals surface area contributed by atoms with E-state index in [-0.39, 0.29) is 5.91 Å². The molecule has 126 valence electrons. The highest BCUT2D eigenvalue weighted by Gasteiger charge is 2.20. The fourth-order valence-corrected chi connectivity index (χ4v) is 3.89. The van der Waals surface area contributed by atoms with E-state index in [9.17, 15) is 4.79 Å². The van der Waals surface area contributed by atoms with E-state index in [0.717, 1.165) is 47.3 Å². The Balaban J connectivity index is 1.85. The summed E-state index contributed by atoms with van der Waals surface area (Å²) in [7, 11) is 2.20. The van der Waals surface area contributed by atoms with Gasteiger partial charge in [-0.3, -0.25) is 4.79 Å². The van der Waals surface area contributed by atoms with Gasteiger partial charge in [-0.1, -0.05) is 41.7 Å². The number of likely N-dealkylation sites (N-methyl/N-ethyl adjacent to an activating group) is 1. The van der Waals surface area contributed by atoms with Crippen LogP contribution in [0, 0.1) is 20.8 Å². The third-order valence-corrected chi connectivity index (χ3v) is 5.67. The van der Waals surface area contributed by atoms with Crippen molar-refractivity contribution >= 4 is 39.9 Å². The normalized spacial score (nSPS) is 15.6. The van der Waals surface area contributed by atoms with Crippen molar-refractivity contribution in [3.8, 4) is 0 Å². The highest BCUT2D eigenvalue weighted by Crippen LogP contribution is 2.22. The van der Waals surface area contributed by atoms with Crippen molar-refractivity contribution in [2.24, 2.45) is 0 Å². The van der Waals surface area contributed by atoms with Gasteiger partial charge in [-0.2, -0.15) is 0 Å². The second kappa shape index (κ2) is 8.13. The number of thioether (sulfide) groups is 1. The van der Waals surface area contributed by atoms with Gasteiger partial charge in [0.1, 0.15) is 4.32 Å². The van der Waals surface area contributed by atoms with Crippen molar-refractivity contribution in [3.63, 3.8) is 0 Å². The summed E-state index contributed by atoms with van der Waals surface area (Å²) < 4.78 is 0.838. The van der Waals surface area contributed by atoms with Gasteiger partial charge in [-0.25, -0.2) is 0 Å². The molecule has 6 heteroatoms. The Bertz CT molecular complexity index is 572. The van der Waals surface area contributed by atoms with Crippen LogP contribution in [-0.2, 0) is 4.79 Å². The molecule has 2 rings (SSSR count). The number of quaternary nitrogens is 1. The number of carbonyl (C=O) groups excluding carboxylic acids is 1. The zero-order chi connectivity index (χ0) is 17.0. The van der Waals surface area contributed by atoms with Crippen molar-refractivity contribution in [1.29, 1.82) is 0 Å². The number of piperazine rings is 1. The van der Waals surface area contributed by atoms with Crippen LogP contribution in [0.15, 0.2) is 12.1 Å². The molecule has 1 aliphatic rings. The van der Waals surface area contributed by atoms with E-state index >= 15 is 0 Å². The number of rotatable bonds is 3. The quantitative estimate of drug-likeness (QED) is 0.807. The van der Waals surface area contributed by atoms with Crippen LogP contribution >= 0.6 is 24.0 Å². The van der Waals surface area contributed by atoms with Crippen LogP contribution < -0.4 is 10.2 Å². The summed E-state index contributed by atoms with van der Waals surface area (Å²) in [6.07, 6.45) is 0. The number of carbonyl (C=O) groups is 1. The number of nitrogens with zero attached hydrogens (tertiary/aromatic N) is 1. The second-order valence-electron chi connectivity index (χ2n) is 6.32. The van der Waals surface area contributed by atoms with Crippen LogP contribution in [0.4, 0.5) is 5.69 Å². The average Bonchev–Trinajstić information content (AvgIpc) is 2.49. The topological polar surface area (TPSA) is 36.8 Å². The first kappa shape index (κ1) is 18.2. The van der Waals surface area contributed by atoms with Crippen LogP contribution in [0.2, 0.25) is 0 Å². The number of hydrogen-bond donors (Lipinski definition) is 2. The standard InChI is InChI=1S/C17H25N3OS2/c1-12-9-13(2)16(14(3)10-12)18-15(21)11-23-17(22)20-7-5-19(4)6-8-20/h9-10H,5-8,11H2,1-4H3,(H,18,21)/p+1. The summed E-state index contributed by atoms with van der Waals surface area (Å²) in [5, 5.41) is 3.03. The number of amides is 1. The Morgan fingerprint density at radius 1 is 1.26 bits per heavy atom. The highest BCUT2D eigenvalue weighted by molar-refractivity contribution is 8.23. The molecule has 1 aliphatic heterocycles. The van der Waals surface area contributed by atoms with Gasteiger partial charge in [0.25, 0.3) is 0 Å². The number of thiocarbonyl (C=S) groups is 1. The molecule has 1 saturated heterocycles. The van der Waals surface area contributed by atoms with Crippen molar-refractivity contribution in [2.45, 2.75) is 20.8 Å². The number of benzene rings is 1. The molecule has 0 spiro atoms. The molecule has 0 radical (unpaired) electrons. The van der Waals surface area contributed by atoms with Crippen LogP contribution in [-0.4, -0.2) is 54.1 Å². The summed E-state index contributed by atoms with van der Waals surface area (Å²) in [5.41, 5.74) is 4.34. The molecule has 1 fully saturated rings. The maximum atomic E-state index is 12.2. The SMILES string of the molecule is Cc1cc(C)c(NC(=O)CSC(=S)N2CC[NH+](C)CC2)c(C)c1. The second-order valence-corrected chi connectivity index (χ2v) is 7.93. The molecule has 0 unspecified atom stereocenters. The molecule has 0 aliphatic carbocycles. The molecular weight excluding hydrogens is 326 g/mol. The van der Waals surface area contributed by atoms with Crippen LogP contribution in [0.5, 0.6) is 0 Å². The van der Waals surface area contributed by atoms with Gasteiger partial charge in [0.15, 0.2) is 0 Å². The number of aryl methyl sites for hydroxylation is 3. The minimum atomic E-state index is 0.00663. The van der Waals surface area contributed by atoms with Gasteiger partial charge in [0, 0.05) is 5.69 Å². The number of nitrogens with one attached hydrogen (secondary N) is 2. The van der Waals surface area contributed by atoms with Gasteiger partial charge in [0.05, 0.1) is 39.0 Å². The fourth-order valence-electron chi connectivity index (χ4n) is 2.84. The molecule has 0 saturated carbocycles. The van der Waals surface area contributed by atoms with Crippen LogP contribution in [0.3, 0.4) is 0 Å². The van der Waals surface area contributed by atoms with E-state index in [1.54, 1.807) is 0 Å².